The average molecular weight is 472 g/mol. The van der Waals surface area contributed by atoms with Crippen LogP contribution >= 0.6 is 0 Å². The Balaban J connectivity index is 1.64. The van der Waals surface area contributed by atoms with Crippen LogP contribution in [0.25, 0.3) is 16.5 Å². The maximum Gasteiger partial charge on any atom is 0.120 e. The zero-order chi connectivity index (χ0) is 25.0. The first-order valence-corrected chi connectivity index (χ1v) is 12.5. The quantitative estimate of drug-likeness (QED) is 0.362. The molecule has 1 aliphatic heterocycles. The van der Waals surface area contributed by atoms with Crippen molar-refractivity contribution < 1.29 is 14.2 Å². The van der Waals surface area contributed by atoms with E-state index in [-0.39, 0.29) is 6.10 Å². The number of aryl methyl sites for hydroxylation is 2. The van der Waals surface area contributed by atoms with Gasteiger partial charge in [-0.2, -0.15) is 0 Å². The predicted molar refractivity (Wildman–Crippen MR) is 145 cm³/mol. The van der Waals surface area contributed by atoms with E-state index in [9.17, 15) is 0 Å². The number of rotatable bonds is 9. The molecule has 4 nitrogen and oxygen atoms in total. The molecule has 1 heterocycles. The molecule has 3 aromatic carbocycles. The third-order valence-corrected chi connectivity index (χ3v) is 6.37. The first kappa shape index (κ1) is 24.7. The van der Waals surface area contributed by atoms with Gasteiger partial charge in [0.05, 0.1) is 18.8 Å². The normalized spacial score (nSPS) is 17.6. The number of fused-ring (bicyclic) bond motifs is 1. The van der Waals surface area contributed by atoms with E-state index in [1.165, 1.54) is 16.7 Å². The summed E-state index contributed by atoms with van der Waals surface area (Å²) < 4.78 is 17.9. The number of ether oxygens (including phenoxy) is 3. The third kappa shape index (κ3) is 5.64. The molecule has 0 bridgehead atoms. The van der Waals surface area contributed by atoms with Crippen LogP contribution in [0.1, 0.15) is 51.3 Å². The van der Waals surface area contributed by atoms with Crippen LogP contribution in [0.3, 0.4) is 0 Å². The summed E-state index contributed by atoms with van der Waals surface area (Å²) in [6, 6.07) is 18.8. The van der Waals surface area contributed by atoms with Gasteiger partial charge in [0, 0.05) is 17.3 Å². The molecule has 4 heteroatoms. The van der Waals surface area contributed by atoms with Crippen molar-refractivity contribution in [1.29, 1.82) is 0 Å². The minimum absolute atomic E-state index is 0.0875. The summed E-state index contributed by atoms with van der Waals surface area (Å²) in [6.07, 6.45) is 6.31. The first-order valence-electron chi connectivity index (χ1n) is 12.5. The van der Waals surface area contributed by atoms with Crippen molar-refractivity contribution >= 4 is 16.5 Å². The molecule has 0 aliphatic carbocycles. The Morgan fingerprint density at radius 1 is 0.886 bits per heavy atom. The second-order valence-electron chi connectivity index (χ2n) is 9.64. The Morgan fingerprint density at radius 3 is 2.17 bits per heavy atom. The number of hydrogen-bond acceptors (Lipinski definition) is 4. The molecule has 1 aliphatic rings. The zero-order valence-corrected chi connectivity index (χ0v) is 21.8. The van der Waals surface area contributed by atoms with Crippen LogP contribution in [-0.2, 0) is 17.6 Å². The van der Waals surface area contributed by atoms with Gasteiger partial charge in [-0.1, -0.05) is 44.2 Å². The Morgan fingerprint density at radius 2 is 1.54 bits per heavy atom. The van der Waals surface area contributed by atoms with Gasteiger partial charge in [-0.05, 0) is 85.9 Å². The standard InChI is InChI=1S/C31H37NO3/c1-7-22-10-9-11-23(8-2)30(22)29-18-28(35-21(3)4)19-31(5,32-29)20-34-27-15-13-24-12-14-26(33-6)16-25(24)17-27/h9-19,21,32H,7-8,20H2,1-6H3. The molecule has 4 rings (SSSR count). The highest BCUT2D eigenvalue weighted by Gasteiger charge is 2.30. The van der Waals surface area contributed by atoms with E-state index < -0.39 is 5.54 Å². The van der Waals surface area contributed by atoms with Crippen molar-refractivity contribution in [3.05, 3.63) is 89.2 Å². The highest BCUT2D eigenvalue weighted by atomic mass is 16.5. The van der Waals surface area contributed by atoms with Crippen LogP contribution in [0.2, 0.25) is 0 Å². The van der Waals surface area contributed by atoms with Gasteiger partial charge in [0.2, 0.25) is 0 Å². The topological polar surface area (TPSA) is 39.7 Å². The van der Waals surface area contributed by atoms with Gasteiger partial charge in [0.25, 0.3) is 0 Å². The fourth-order valence-corrected chi connectivity index (χ4v) is 4.67. The van der Waals surface area contributed by atoms with Gasteiger partial charge in [0.1, 0.15) is 23.9 Å². The zero-order valence-electron chi connectivity index (χ0n) is 21.8. The van der Waals surface area contributed by atoms with Crippen molar-refractivity contribution in [2.24, 2.45) is 0 Å². The summed E-state index contributed by atoms with van der Waals surface area (Å²) in [4.78, 5) is 0. The molecule has 1 atom stereocenters. The van der Waals surface area contributed by atoms with Crippen LogP contribution in [0.4, 0.5) is 0 Å². The number of nitrogens with one attached hydrogen (secondary N) is 1. The molecule has 184 valence electrons. The average Bonchev–Trinajstić information content (AvgIpc) is 2.85. The molecule has 0 saturated heterocycles. The molecule has 0 saturated carbocycles. The van der Waals surface area contributed by atoms with Gasteiger partial charge in [-0.3, -0.25) is 0 Å². The SMILES string of the molecule is CCc1cccc(CC)c1C1=CC(OC(C)C)=CC(C)(COc2ccc3ccc(OC)cc3c2)N1. The van der Waals surface area contributed by atoms with E-state index in [1.54, 1.807) is 7.11 Å². The second kappa shape index (κ2) is 10.5. The van der Waals surface area contributed by atoms with E-state index in [4.69, 9.17) is 14.2 Å². The van der Waals surface area contributed by atoms with Crippen LogP contribution < -0.4 is 14.8 Å². The third-order valence-electron chi connectivity index (χ3n) is 6.37. The van der Waals surface area contributed by atoms with Crippen molar-refractivity contribution in [2.45, 2.75) is 59.1 Å². The summed E-state index contributed by atoms with van der Waals surface area (Å²) in [7, 11) is 1.69. The fourth-order valence-electron chi connectivity index (χ4n) is 4.67. The van der Waals surface area contributed by atoms with E-state index in [0.29, 0.717) is 6.61 Å². The van der Waals surface area contributed by atoms with Crippen molar-refractivity contribution in [3.63, 3.8) is 0 Å². The fraction of sp³-hybridized carbons (Fsp3) is 0.355. The lowest BCUT2D eigenvalue weighted by Gasteiger charge is -2.35. The summed E-state index contributed by atoms with van der Waals surface area (Å²) >= 11 is 0. The van der Waals surface area contributed by atoms with Crippen LogP contribution in [-0.4, -0.2) is 25.4 Å². The molecule has 35 heavy (non-hydrogen) atoms. The highest BCUT2D eigenvalue weighted by Crippen LogP contribution is 2.32. The molecular weight excluding hydrogens is 434 g/mol. The summed E-state index contributed by atoms with van der Waals surface area (Å²) in [5.74, 6) is 2.54. The summed E-state index contributed by atoms with van der Waals surface area (Å²) in [5.41, 5.74) is 4.59. The minimum Gasteiger partial charge on any atom is -0.497 e. The molecule has 0 amide bonds. The largest absolute Gasteiger partial charge is 0.497 e. The lowest BCUT2D eigenvalue weighted by molar-refractivity contribution is 0.149. The predicted octanol–water partition coefficient (Wildman–Crippen LogP) is 7.06. The van der Waals surface area contributed by atoms with Crippen LogP contribution in [0.15, 0.2) is 72.5 Å². The van der Waals surface area contributed by atoms with Gasteiger partial charge in [-0.15, -0.1) is 0 Å². The molecule has 0 aromatic heterocycles. The van der Waals surface area contributed by atoms with E-state index in [1.807, 2.05) is 18.2 Å². The number of hydrogen-bond donors (Lipinski definition) is 1. The first-order chi connectivity index (χ1) is 16.8. The van der Waals surface area contributed by atoms with Gasteiger partial charge in [-0.25, -0.2) is 0 Å². The molecule has 3 aromatic rings. The Kier molecular flexibility index (Phi) is 7.39. The van der Waals surface area contributed by atoms with E-state index >= 15 is 0 Å². The smallest absolute Gasteiger partial charge is 0.120 e. The second-order valence-corrected chi connectivity index (χ2v) is 9.64. The summed E-state index contributed by atoms with van der Waals surface area (Å²) in [5, 5.41) is 6.03. The van der Waals surface area contributed by atoms with Crippen molar-refractivity contribution in [1.82, 2.24) is 5.32 Å². The molecule has 1 N–H and O–H groups in total. The molecule has 1 unspecified atom stereocenters. The Hall–Kier alpha value is -3.40. The Bertz CT molecular complexity index is 1240. The van der Waals surface area contributed by atoms with Gasteiger partial charge in [0.15, 0.2) is 0 Å². The van der Waals surface area contributed by atoms with Gasteiger partial charge < -0.3 is 19.5 Å². The maximum atomic E-state index is 6.35. The van der Waals surface area contributed by atoms with E-state index in [2.05, 4.69) is 88.5 Å². The number of benzene rings is 3. The number of allylic oxidation sites excluding steroid dienone is 1. The Labute approximate surface area is 209 Å². The number of methoxy groups -OCH3 is 1. The van der Waals surface area contributed by atoms with Crippen LogP contribution in [0, 0.1) is 0 Å². The lowest BCUT2D eigenvalue weighted by Crippen LogP contribution is -2.47. The van der Waals surface area contributed by atoms with Gasteiger partial charge >= 0.3 is 0 Å². The molecule has 0 fully saturated rings. The number of dihydropyridines is 1. The summed E-state index contributed by atoms with van der Waals surface area (Å²) in [6.45, 7) is 11.2. The van der Waals surface area contributed by atoms with Crippen LogP contribution in [0.5, 0.6) is 11.5 Å². The monoisotopic (exact) mass is 471 g/mol. The molecule has 0 spiro atoms. The maximum absolute atomic E-state index is 6.35. The van der Waals surface area contributed by atoms with Crippen molar-refractivity contribution in [3.8, 4) is 11.5 Å². The van der Waals surface area contributed by atoms with Crippen molar-refractivity contribution in [2.75, 3.05) is 13.7 Å². The molecule has 0 radical (unpaired) electrons. The van der Waals surface area contributed by atoms with E-state index in [0.717, 1.165) is 46.6 Å². The lowest BCUT2D eigenvalue weighted by atomic mass is 9.90. The molecular formula is C31H37NO3. The highest BCUT2D eigenvalue weighted by molar-refractivity contribution is 5.85. The minimum atomic E-state index is -0.441.